The standard InChI is InChI=1S/C17H23NO11S2/c19-9-11-13(20)14(21)15(22)17(28-11)30-12(18-29-31(24,25)26)7-4-8-27-16(23)10-5-2-1-3-6-10/h1-3,5-6,11,13-15,17,19-22H,4,7-9H2,(H,24,25,26)/b18-12-/t11-,13-,14+,15-,17+/m1/s1. The van der Waals surface area contributed by atoms with Crippen LogP contribution in [0.2, 0.25) is 0 Å². The van der Waals surface area contributed by atoms with Crippen LogP contribution in [0.25, 0.3) is 0 Å². The minimum Gasteiger partial charge on any atom is -0.462 e. The van der Waals surface area contributed by atoms with Crippen LogP contribution < -0.4 is 0 Å². The highest BCUT2D eigenvalue weighted by atomic mass is 32.3. The molecule has 0 amide bonds. The van der Waals surface area contributed by atoms with Gasteiger partial charge in [-0.1, -0.05) is 35.1 Å². The number of nitrogens with zero attached hydrogens (tertiary/aromatic N) is 1. The van der Waals surface area contributed by atoms with E-state index < -0.39 is 52.8 Å². The molecule has 1 saturated heterocycles. The van der Waals surface area contributed by atoms with Gasteiger partial charge in [0, 0.05) is 6.42 Å². The Bertz CT molecular complexity index is 847. The molecule has 174 valence electrons. The van der Waals surface area contributed by atoms with Gasteiger partial charge in [-0.2, -0.15) is 8.42 Å². The Kier molecular flexibility index (Phi) is 9.64. The Hall–Kier alpha value is -1.78. The molecule has 5 atom stereocenters. The summed E-state index contributed by atoms with van der Waals surface area (Å²) in [5, 5.41) is 42.2. The van der Waals surface area contributed by atoms with Crippen molar-refractivity contribution in [3.63, 3.8) is 0 Å². The van der Waals surface area contributed by atoms with Crippen LogP contribution >= 0.6 is 11.8 Å². The number of aliphatic hydroxyl groups excluding tert-OH is 4. The summed E-state index contributed by atoms with van der Waals surface area (Å²) in [6.07, 6.45) is -5.84. The van der Waals surface area contributed by atoms with Gasteiger partial charge in [0.15, 0.2) is 0 Å². The molecule has 2 rings (SSSR count). The molecule has 1 aromatic carbocycles. The third-order valence-electron chi connectivity index (χ3n) is 4.11. The van der Waals surface area contributed by atoms with E-state index in [0.29, 0.717) is 17.3 Å². The fraction of sp³-hybridized carbons (Fsp3) is 0.529. The van der Waals surface area contributed by atoms with Gasteiger partial charge in [0.2, 0.25) is 0 Å². The van der Waals surface area contributed by atoms with Crippen LogP contribution in [0.4, 0.5) is 0 Å². The van der Waals surface area contributed by atoms with Crippen molar-refractivity contribution >= 4 is 33.2 Å². The Morgan fingerprint density at radius 1 is 1.13 bits per heavy atom. The highest BCUT2D eigenvalue weighted by Crippen LogP contribution is 2.30. The smallest absolute Gasteiger partial charge is 0.462 e. The number of benzene rings is 1. The fourth-order valence-electron chi connectivity index (χ4n) is 2.56. The summed E-state index contributed by atoms with van der Waals surface area (Å²) in [6, 6.07) is 8.23. The lowest BCUT2D eigenvalue weighted by Gasteiger charge is -2.39. The van der Waals surface area contributed by atoms with E-state index in [9.17, 15) is 33.6 Å². The zero-order chi connectivity index (χ0) is 23.0. The van der Waals surface area contributed by atoms with E-state index in [-0.39, 0.29) is 24.5 Å². The SMILES string of the molecule is O=C(OCCC/C(=N/OS(=O)(=O)O)S[C@@H]1O[C@H](CO)[C@@H](O)[C@H](O)[C@H]1O)c1ccccc1. The fourth-order valence-corrected chi connectivity index (χ4v) is 3.90. The Balaban J connectivity index is 1.98. The molecule has 0 unspecified atom stereocenters. The molecule has 1 aromatic rings. The van der Waals surface area contributed by atoms with Crippen LogP contribution in [-0.2, 0) is 24.2 Å². The quantitative estimate of drug-likeness (QED) is 0.0744. The summed E-state index contributed by atoms with van der Waals surface area (Å²) in [4.78, 5) is 11.9. The third kappa shape index (κ3) is 8.01. The first-order valence-corrected chi connectivity index (χ1v) is 11.3. The summed E-state index contributed by atoms with van der Waals surface area (Å²) >= 11 is 0.649. The van der Waals surface area contributed by atoms with Gasteiger partial charge in [-0.25, -0.2) is 9.08 Å². The monoisotopic (exact) mass is 481 g/mol. The van der Waals surface area contributed by atoms with E-state index >= 15 is 0 Å². The molecule has 31 heavy (non-hydrogen) atoms. The second-order valence-corrected chi connectivity index (χ2v) is 8.58. The average Bonchev–Trinajstić information content (AvgIpc) is 2.74. The van der Waals surface area contributed by atoms with Gasteiger partial charge in [0.25, 0.3) is 0 Å². The van der Waals surface area contributed by atoms with Crippen molar-refractivity contribution in [2.24, 2.45) is 5.16 Å². The van der Waals surface area contributed by atoms with Gasteiger partial charge < -0.3 is 29.9 Å². The second-order valence-electron chi connectivity index (χ2n) is 6.41. The van der Waals surface area contributed by atoms with Crippen LogP contribution in [0.15, 0.2) is 35.5 Å². The summed E-state index contributed by atoms with van der Waals surface area (Å²) in [7, 11) is -4.91. The van der Waals surface area contributed by atoms with Crippen LogP contribution in [0.1, 0.15) is 23.2 Å². The topological polar surface area (TPSA) is 192 Å². The molecule has 12 nitrogen and oxygen atoms in total. The van der Waals surface area contributed by atoms with E-state index in [2.05, 4.69) is 9.44 Å². The molecule has 5 N–H and O–H groups in total. The van der Waals surface area contributed by atoms with Crippen molar-refractivity contribution in [1.82, 2.24) is 0 Å². The van der Waals surface area contributed by atoms with Crippen LogP contribution in [-0.4, -0.2) is 87.5 Å². The third-order valence-corrected chi connectivity index (χ3v) is 5.55. The molecular weight excluding hydrogens is 458 g/mol. The summed E-state index contributed by atoms with van der Waals surface area (Å²) < 4.78 is 44.8. The number of oxime groups is 1. The number of thioether (sulfide) groups is 1. The van der Waals surface area contributed by atoms with Crippen molar-refractivity contribution in [2.75, 3.05) is 13.2 Å². The largest absolute Gasteiger partial charge is 0.466 e. The Morgan fingerprint density at radius 3 is 2.42 bits per heavy atom. The lowest BCUT2D eigenvalue weighted by Crippen LogP contribution is -2.57. The summed E-state index contributed by atoms with van der Waals surface area (Å²) in [6.45, 7) is -0.709. The molecule has 0 saturated carbocycles. The van der Waals surface area contributed by atoms with Crippen LogP contribution in [0.3, 0.4) is 0 Å². The molecule has 1 fully saturated rings. The van der Waals surface area contributed by atoms with E-state index in [1.165, 1.54) is 0 Å². The van der Waals surface area contributed by atoms with Crippen molar-refractivity contribution in [2.45, 2.75) is 42.7 Å². The predicted molar refractivity (Wildman–Crippen MR) is 107 cm³/mol. The first-order chi connectivity index (χ1) is 14.6. The zero-order valence-electron chi connectivity index (χ0n) is 16.1. The minimum absolute atomic E-state index is 0.0166. The van der Waals surface area contributed by atoms with Gasteiger partial charge >= 0.3 is 16.4 Å². The first-order valence-electron chi connectivity index (χ1n) is 9.04. The van der Waals surface area contributed by atoms with E-state index in [1.807, 2.05) is 0 Å². The van der Waals surface area contributed by atoms with E-state index in [1.54, 1.807) is 30.3 Å². The Morgan fingerprint density at radius 2 is 1.81 bits per heavy atom. The molecule has 1 heterocycles. The molecule has 14 heteroatoms. The lowest BCUT2D eigenvalue weighted by molar-refractivity contribution is -0.205. The van der Waals surface area contributed by atoms with E-state index in [4.69, 9.17) is 14.0 Å². The number of carbonyl (C=O) groups is 1. The number of rotatable bonds is 9. The second kappa shape index (κ2) is 11.7. The maximum atomic E-state index is 11.9. The highest BCUT2D eigenvalue weighted by molar-refractivity contribution is 8.14. The molecule has 0 aliphatic carbocycles. The molecule has 1 aliphatic rings. The molecule has 1 aliphatic heterocycles. The van der Waals surface area contributed by atoms with Gasteiger partial charge in [0.05, 0.1) is 18.8 Å². The average molecular weight is 482 g/mol. The predicted octanol–water partition coefficient (Wildman–Crippen LogP) is -0.710. The minimum atomic E-state index is -4.91. The normalized spacial score (nSPS) is 27.0. The van der Waals surface area contributed by atoms with Crippen molar-refractivity contribution in [3.8, 4) is 0 Å². The molecule has 0 aromatic heterocycles. The van der Waals surface area contributed by atoms with Gasteiger partial charge in [-0.15, -0.1) is 0 Å². The summed E-state index contributed by atoms with van der Waals surface area (Å²) in [5.74, 6) is -0.560. The number of hydrogen-bond donors (Lipinski definition) is 5. The molecule has 0 bridgehead atoms. The lowest BCUT2D eigenvalue weighted by atomic mass is 10.0. The number of carbonyl (C=O) groups excluding carboxylic acids is 1. The van der Waals surface area contributed by atoms with E-state index in [0.717, 1.165) is 0 Å². The first kappa shape index (κ1) is 25.5. The highest BCUT2D eigenvalue weighted by Gasteiger charge is 2.44. The molecule has 0 spiro atoms. The number of aliphatic hydroxyl groups is 4. The Labute approximate surface area is 182 Å². The summed E-state index contributed by atoms with van der Waals surface area (Å²) in [5.41, 5.74) is -0.895. The van der Waals surface area contributed by atoms with Crippen LogP contribution in [0, 0.1) is 0 Å². The molecular formula is C17H23NO11S2. The number of esters is 1. The van der Waals surface area contributed by atoms with Crippen molar-refractivity contribution in [3.05, 3.63) is 35.9 Å². The van der Waals surface area contributed by atoms with Gasteiger partial charge in [0.1, 0.15) is 34.9 Å². The van der Waals surface area contributed by atoms with Gasteiger partial charge in [-0.05, 0) is 18.6 Å². The number of hydrogen-bond acceptors (Lipinski definition) is 12. The maximum Gasteiger partial charge on any atom is 0.466 e. The number of ether oxygens (including phenoxy) is 2. The van der Waals surface area contributed by atoms with Gasteiger partial charge in [-0.3, -0.25) is 4.55 Å². The maximum absolute atomic E-state index is 11.9. The van der Waals surface area contributed by atoms with Crippen LogP contribution in [0.5, 0.6) is 0 Å². The van der Waals surface area contributed by atoms with Crippen molar-refractivity contribution in [1.29, 1.82) is 0 Å². The molecule has 0 radical (unpaired) electrons. The van der Waals surface area contributed by atoms with Crippen molar-refractivity contribution < 1.29 is 51.9 Å². The zero-order valence-corrected chi connectivity index (χ0v) is 17.7.